The molecule has 1 aliphatic rings. The summed E-state index contributed by atoms with van der Waals surface area (Å²) in [6.07, 6.45) is 8.39. The second-order valence-electron chi connectivity index (χ2n) is 8.56. The Morgan fingerprint density at radius 1 is 0.938 bits per heavy atom. The number of pyridine rings is 1. The van der Waals surface area contributed by atoms with E-state index in [1.165, 1.54) is 5.56 Å². The van der Waals surface area contributed by atoms with Gasteiger partial charge in [-0.1, -0.05) is 43.3 Å². The van der Waals surface area contributed by atoms with Crippen LogP contribution in [0.25, 0.3) is 16.6 Å². The van der Waals surface area contributed by atoms with Crippen LogP contribution in [0.2, 0.25) is 0 Å². The molecule has 0 spiro atoms. The van der Waals surface area contributed by atoms with Crippen molar-refractivity contribution >= 4 is 17.1 Å². The van der Waals surface area contributed by atoms with Crippen LogP contribution in [0.4, 0.5) is 5.69 Å². The van der Waals surface area contributed by atoms with Crippen LogP contribution in [-0.2, 0) is 11.8 Å². The van der Waals surface area contributed by atoms with Crippen LogP contribution in [0.3, 0.4) is 0 Å². The van der Waals surface area contributed by atoms with E-state index in [9.17, 15) is 4.79 Å². The summed E-state index contributed by atoms with van der Waals surface area (Å²) < 4.78 is 3.73. The van der Waals surface area contributed by atoms with Crippen molar-refractivity contribution in [3.63, 3.8) is 0 Å². The molecule has 7 nitrogen and oxygen atoms in total. The van der Waals surface area contributed by atoms with Crippen LogP contribution in [-0.4, -0.2) is 56.4 Å². The number of aromatic nitrogens is 4. The van der Waals surface area contributed by atoms with Gasteiger partial charge in [0.1, 0.15) is 0 Å². The third kappa shape index (κ3) is 3.98. The van der Waals surface area contributed by atoms with E-state index in [1.807, 2.05) is 59.4 Å². The van der Waals surface area contributed by atoms with Gasteiger partial charge in [-0.05, 0) is 17.5 Å². The van der Waals surface area contributed by atoms with Gasteiger partial charge in [-0.15, -0.1) is 0 Å². The first kappa shape index (κ1) is 20.3. The van der Waals surface area contributed by atoms with E-state index in [-0.39, 0.29) is 11.8 Å². The molecule has 1 amide bonds. The van der Waals surface area contributed by atoms with Crippen molar-refractivity contribution < 1.29 is 4.79 Å². The van der Waals surface area contributed by atoms with Gasteiger partial charge in [0.05, 0.1) is 23.6 Å². The first-order chi connectivity index (χ1) is 15.6. The molecule has 3 aromatic heterocycles. The second-order valence-corrected chi connectivity index (χ2v) is 8.56. The third-order valence-electron chi connectivity index (χ3n) is 6.36. The average Bonchev–Trinajstić information content (AvgIpc) is 3.45. The highest BCUT2D eigenvalue weighted by molar-refractivity contribution is 5.78. The number of benzene rings is 1. The molecule has 5 rings (SSSR count). The van der Waals surface area contributed by atoms with Crippen molar-refractivity contribution in [3.8, 4) is 11.1 Å². The van der Waals surface area contributed by atoms with Crippen molar-refractivity contribution in [3.05, 3.63) is 72.8 Å². The monoisotopic (exact) mass is 428 g/mol. The molecule has 1 fully saturated rings. The zero-order valence-corrected chi connectivity index (χ0v) is 18.6. The highest BCUT2D eigenvalue weighted by Gasteiger charge is 2.24. The molecule has 0 radical (unpaired) electrons. The number of rotatable bonds is 5. The van der Waals surface area contributed by atoms with E-state index in [0.29, 0.717) is 6.42 Å². The van der Waals surface area contributed by atoms with Gasteiger partial charge in [-0.25, -0.2) is 4.52 Å². The lowest BCUT2D eigenvalue weighted by Gasteiger charge is -2.36. The van der Waals surface area contributed by atoms with Crippen LogP contribution in [0.1, 0.15) is 24.8 Å². The average molecular weight is 429 g/mol. The van der Waals surface area contributed by atoms with E-state index in [0.717, 1.165) is 48.5 Å². The summed E-state index contributed by atoms with van der Waals surface area (Å²) in [6, 6.07) is 14.5. The number of anilines is 1. The van der Waals surface area contributed by atoms with E-state index >= 15 is 0 Å². The Hall–Kier alpha value is -3.61. The number of fused-ring (bicyclic) bond motifs is 1. The summed E-state index contributed by atoms with van der Waals surface area (Å²) in [6.45, 7) is 5.24. The van der Waals surface area contributed by atoms with Gasteiger partial charge in [0.2, 0.25) is 5.91 Å². The van der Waals surface area contributed by atoms with Crippen molar-refractivity contribution in [2.24, 2.45) is 7.05 Å². The van der Waals surface area contributed by atoms with Crippen molar-refractivity contribution in [2.45, 2.75) is 19.3 Å². The normalized spacial score (nSPS) is 15.3. The molecule has 1 atom stereocenters. The minimum Gasteiger partial charge on any atom is -0.365 e. The predicted molar refractivity (Wildman–Crippen MR) is 126 cm³/mol. The Labute approximate surface area is 187 Å². The third-order valence-corrected chi connectivity index (χ3v) is 6.36. The van der Waals surface area contributed by atoms with Gasteiger partial charge >= 0.3 is 0 Å². The summed E-state index contributed by atoms with van der Waals surface area (Å²) in [7, 11) is 1.92. The summed E-state index contributed by atoms with van der Waals surface area (Å²) >= 11 is 0. The quantitative estimate of drug-likeness (QED) is 0.488. The number of piperazine rings is 1. The lowest BCUT2D eigenvalue weighted by Crippen LogP contribution is -2.49. The van der Waals surface area contributed by atoms with Crippen LogP contribution in [0.15, 0.2) is 67.3 Å². The van der Waals surface area contributed by atoms with Crippen molar-refractivity contribution in [1.29, 1.82) is 0 Å². The van der Waals surface area contributed by atoms with Gasteiger partial charge in [-0.3, -0.25) is 9.48 Å². The highest BCUT2D eigenvalue weighted by Crippen LogP contribution is 2.27. The molecule has 1 aliphatic heterocycles. The molecule has 0 aliphatic carbocycles. The van der Waals surface area contributed by atoms with Gasteiger partial charge in [0, 0.05) is 63.2 Å². The molecule has 1 aromatic carbocycles. The number of hydrogen-bond donors (Lipinski definition) is 0. The Kier molecular flexibility index (Phi) is 5.39. The van der Waals surface area contributed by atoms with Gasteiger partial charge in [0.15, 0.2) is 0 Å². The summed E-state index contributed by atoms with van der Waals surface area (Å²) in [4.78, 5) is 17.2. The molecule has 164 valence electrons. The summed E-state index contributed by atoms with van der Waals surface area (Å²) in [5, 5.41) is 8.84. The molecule has 0 unspecified atom stereocenters. The molecule has 1 saturated heterocycles. The molecule has 0 bridgehead atoms. The first-order valence-electron chi connectivity index (χ1n) is 11.1. The summed E-state index contributed by atoms with van der Waals surface area (Å²) in [5.41, 5.74) is 5.57. The number of hydrogen-bond acceptors (Lipinski definition) is 4. The van der Waals surface area contributed by atoms with Crippen LogP contribution in [0.5, 0.6) is 0 Å². The molecule has 0 saturated carbocycles. The fourth-order valence-corrected chi connectivity index (χ4v) is 4.44. The van der Waals surface area contributed by atoms with E-state index < -0.39 is 0 Å². The van der Waals surface area contributed by atoms with Crippen LogP contribution < -0.4 is 4.90 Å². The number of carbonyl (C=O) groups excluding carboxylic acids is 1. The lowest BCUT2D eigenvalue weighted by atomic mass is 9.97. The minimum absolute atomic E-state index is 0.232. The molecular weight excluding hydrogens is 400 g/mol. The van der Waals surface area contributed by atoms with E-state index in [4.69, 9.17) is 0 Å². The maximum absolute atomic E-state index is 12.8. The fraction of sp³-hybridized carbons (Fsp3) is 0.320. The summed E-state index contributed by atoms with van der Waals surface area (Å²) in [5.74, 6) is 0.470. The van der Waals surface area contributed by atoms with E-state index in [1.54, 1.807) is 4.68 Å². The largest absolute Gasteiger partial charge is 0.365 e. The van der Waals surface area contributed by atoms with E-state index in [2.05, 4.69) is 46.3 Å². The minimum atomic E-state index is 0.232. The maximum atomic E-state index is 12.8. The molecule has 32 heavy (non-hydrogen) atoms. The van der Waals surface area contributed by atoms with Crippen LogP contribution in [0, 0.1) is 0 Å². The van der Waals surface area contributed by atoms with Crippen molar-refractivity contribution in [1.82, 2.24) is 24.3 Å². The smallest absolute Gasteiger partial charge is 0.223 e. The topological polar surface area (TPSA) is 58.7 Å². The molecular formula is C25H28N6O. The zero-order valence-electron chi connectivity index (χ0n) is 18.6. The molecule has 7 heteroatoms. The predicted octanol–water partition coefficient (Wildman–Crippen LogP) is 3.58. The lowest BCUT2D eigenvalue weighted by molar-refractivity contribution is -0.131. The van der Waals surface area contributed by atoms with Gasteiger partial charge in [-0.2, -0.15) is 10.2 Å². The number of aryl methyl sites for hydroxylation is 1. The van der Waals surface area contributed by atoms with Gasteiger partial charge in [0.25, 0.3) is 0 Å². The van der Waals surface area contributed by atoms with Gasteiger partial charge < -0.3 is 9.80 Å². The van der Waals surface area contributed by atoms with Crippen molar-refractivity contribution in [2.75, 3.05) is 31.1 Å². The zero-order chi connectivity index (χ0) is 22.1. The Morgan fingerprint density at radius 2 is 1.72 bits per heavy atom. The number of carbonyl (C=O) groups is 1. The maximum Gasteiger partial charge on any atom is 0.223 e. The Balaban J connectivity index is 1.23. The Morgan fingerprint density at radius 3 is 2.44 bits per heavy atom. The SMILES string of the molecule is C[C@H](CC(=O)N1CCN(c2cnn3cc(-c4cnn(C)c4)ccc23)CC1)c1ccccc1. The highest BCUT2D eigenvalue weighted by atomic mass is 16.2. The Bertz CT molecular complexity index is 1220. The molecule has 4 heterocycles. The second kappa shape index (κ2) is 8.49. The fourth-order valence-electron chi connectivity index (χ4n) is 4.44. The standard InChI is InChI=1S/C25H28N6O/c1-19(20-6-4-3-5-7-20)14-25(32)30-12-10-29(11-13-30)24-16-27-31-18-21(8-9-23(24)31)22-15-26-28(2)17-22/h3-9,15-19H,10-14H2,1-2H3/t19-/m1/s1. The molecule has 0 N–H and O–H groups in total. The first-order valence-corrected chi connectivity index (χ1v) is 11.1. The molecule has 4 aromatic rings. The number of amides is 1. The van der Waals surface area contributed by atoms with Crippen LogP contribution >= 0.6 is 0 Å². The number of nitrogens with zero attached hydrogens (tertiary/aromatic N) is 6.